The van der Waals surface area contributed by atoms with E-state index in [-0.39, 0.29) is 5.75 Å². The highest BCUT2D eigenvalue weighted by Gasteiger charge is 2.07. The van der Waals surface area contributed by atoms with E-state index in [2.05, 4.69) is 21.2 Å². The van der Waals surface area contributed by atoms with Crippen LogP contribution in [0.15, 0.2) is 40.9 Å². The highest BCUT2D eigenvalue weighted by atomic mass is 79.9. The zero-order valence-electron chi connectivity index (χ0n) is 9.25. The summed E-state index contributed by atoms with van der Waals surface area (Å²) in [6, 6.07) is 10.6. The largest absolute Gasteiger partial charge is 0.508 e. The number of phenols is 1. The fourth-order valence-corrected chi connectivity index (χ4v) is 2.32. The summed E-state index contributed by atoms with van der Waals surface area (Å²) in [7, 11) is 0. The summed E-state index contributed by atoms with van der Waals surface area (Å²) in [5.74, 6) is 0.168. The fourth-order valence-electron chi connectivity index (χ4n) is 1.54. The number of anilines is 1. The second-order valence-electron chi connectivity index (χ2n) is 3.72. The van der Waals surface area contributed by atoms with Crippen molar-refractivity contribution in [1.29, 1.82) is 0 Å². The first-order valence-electron chi connectivity index (χ1n) is 5.23. The van der Waals surface area contributed by atoms with Crippen LogP contribution in [0.25, 0.3) is 0 Å². The molecule has 5 heteroatoms. The van der Waals surface area contributed by atoms with E-state index in [0.717, 1.165) is 10.2 Å². The Hall–Kier alpha value is -0.900. The van der Waals surface area contributed by atoms with E-state index >= 15 is 0 Å². The van der Waals surface area contributed by atoms with Crippen LogP contribution in [-0.2, 0) is 6.54 Å². The van der Waals surface area contributed by atoms with E-state index in [1.54, 1.807) is 24.3 Å². The van der Waals surface area contributed by atoms with Gasteiger partial charge in [-0.25, -0.2) is 0 Å². The van der Waals surface area contributed by atoms with Gasteiger partial charge in [-0.2, -0.15) is 0 Å². The van der Waals surface area contributed by atoms with Crippen LogP contribution in [0.1, 0.15) is 5.56 Å². The molecule has 0 bridgehead atoms. The molecule has 0 spiro atoms. The molecule has 2 rings (SSSR count). The molecule has 0 unspecified atom stereocenters. The minimum absolute atomic E-state index is 0.168. The first-order chi connectivity index (χ1) is 8.58. The van der Waals surface area contributed by atoms with E-state index in [0.29, 0.717) is 22.2 Å². The number of rotatable bonds is 3. The van der Waals surface area contributed by atoms with Crippen LogP contribution < -0.4 is 5.32 Å². The molecule has 0 amide bonds. The zero-order chi connectivity index (χ0) is 13.1. The number of hydrogen-bond acceptors (Lipinski definition) is 2. The summed E-state index contributed by atoms with van der Waals surface area (Å²) in [6.45, 7) is 0.404. The molecule has 2 aromatic carbocycles. The average molecular weight is 347 g/mol. The Balaban J connectivity index is 2.19. The first-order valence-corrected chi connectivity index (χ1v) is 6.78. The van der Waals surface area contributed by atoms with Gasteiger partial charge < -0.3 is 10.4 Å². The second-order valence-corrected chi connectivity index (χ2v) is 5.45. The lowest BCUT2D eigenvalue weighted by molar-refractivity contribution is 0.469. The maximum absolute atomic E-state index is 9.73. The highest BCUT2D eigenvalue weighted by molar-refractivity contribution is 9.10. The van der Waals surface area contributed by atoms with Gasteiger partial charge in [0, 0.05) is 21.6 Å². The van der Waals surface area contributed by atoms with Gasteiger partial charge in [-0.1, -0.05) is 45.2 Å². The van der Waals surface area contributed by atoms with Gasteiger partial charge in [-0.3, -0.25) is 0 Å². The summed E-state index contributed by atoms with van der Waals surface area (Å²) in [4.78, 5) is 0. The Morgan fingerprint density at radius 3 is 2.61 bits per heavy atom. The van der Waals surface area contributed by atoms with E-state index in [1.165, 1.54) is 0 Å². The predicted octanol–water partition coefficient (Wildman–Crippen LogP) is 5.07. The fraction of sp³-hybridized carbons (Fsp3) is 0.0769. The average Bonchev–Trinajstić information content (AvgIpc) is 2.33. The molecule has 94 valence electrons. The quantitative estimate of drug-likeness (QED) is 0.812. The summed E-state index contributed by atoms with van der Waals surface area (Å²) in [5, 5.41) is 14.0. The molecule has 2 N–H and O–H groups in total. The normalized spacial score (nSPS) is 10.4. The monoisotopic (exact) mass is 345 g/mol. The zero-order valence-corrected chi connectivity index (χ0v) is 12.4. The Kier molecular flexibility index (Phi) is 4.38. The number of nitrogens with one attached hydrogen (secondary N) is 1. The van der Waals surface area contributed by atoms with Crippen molar-refractivity contribution in [3.05, 3.63) is 56.5 Å². The number of phenolic OH excluding ortho intramolecular Hbond substituents is 1. The Morgan fingerprint density at radius 1 is 1.11 bits per heavy atom. The second kappa shape index (κ2) is 5.83. The molecule has 0 heterocycles. The molecule has 0 saturated heterocycles. The number of halogens is 3. The minimum atomic E-state index is 0.168. The van der Waals surface area contributed by atoms with Crippen molar-refractivity contribution in [2.75, 3.05) is 5.32 Å². The molecule has 0 aliphatic carbocycles. The Morgan fingerprint density at radius 2 is 1.89 bits per heavy atom. The molecular formula is C13H10BrCl2NO. The molecule has 0 fully saturated rings. The van der Waals surface area contributed by atoms with Crippen molar-refractivity contribution < 1.29 is 5.11 Å². The first kappa shape index (κ1) is 13.5. The molecule has 18 heavy (non-hydrogen) atoms. The van der Waals surface area contributed by atoms with Crippen LogP contribution in [0.2, 0.25) is 10.0 Å². The third-order valence-electron chi connectivity index (χ3n) is 2.48. The van der Waals surface area contributed by atoms with Gasteiger partial charge in [0.1, 0.15) is 5.75 Å². The van der Waals surface area contributed by atoms with E-state index in [4.69, 9.17) is 23.2 Å². The van der Waals surface area contributed by atoms with Crippen LogP contribution >= 0.6 is 39.1 Å². The van der Waals surface area contributed by atoms with E-state index in [9.17, 15) is 5.11 Å². The van der Waals surface area contributed by atoms with Crippen LogP contribution in [0, 0.1) is 0 Å². The van der Waals surface area contributed by atoms with Crippen molar-refractivity contribution in [2.24, 2.45) is 0 Å². The van der Waals surface area contributed by atoms with Gasteiger partial charge in [0.15, 0.2) is 0 Å². The van der Waals surface area contributed by atoms with E-state index in [1.807, 2.05) is 12.1 Å². The predicted molar refractivity (Wildman–Crippen MR) is 79.6 cm³/mol. The van der Waals surface area contributed by atoms with Crippen molar-refractivity contribution in [3.63, 3.8) is 0 Å². The molecule has 0 saturated carbocycles. The van der Waals surface area contributed by atoms with Gasteiger partial charge >= 0.3 is 0 Å². The lowest BCUT2D eigenvalue weighted by Crippen LogP contribution is -2.01. The summed E-state index contributed by atoms with van der Waals surface area (Å²) in [6.07, 6.45) is 0. The van der Waals surface area contributed by atoms with Crippen molar-refractivity contribution in [1.82, 2.24) is 0 Å². The van der Waals surface area contributed by atoms with Gasteiger partial charge in [0.25, 0.3) is 0 Å². The van der Waals surface area contributed by atoms with Gasteiger partial charge in [-0.15, -0.1) is 0 Å². The lowest BCUT2D eigenvalue weighted by Gasteiger charge is -2.11. The summed E-state index contributed by atoms with van der Waals surface area (Å²) < 4.78 is 0.929. The molecule has 0 atom stereocenters. The molecule has 2 nitrogen and oxygen atoms in total. The maximum Gasteiger partial charge on any atom is 0.122 e. The molecule has 0 aliphatic heterocycles. The van der Waals surface area contributed by atoms with Crippen LogP contribution in [0.4, 0.5) is 5.69 Å². The van der Waals surface area contributed by atoms with Crippen LogP contribution in [-0.4, -0.2) is 5.11 Å². The highest BCUT2D eigenvalue weighted by Crippen LogP contribution is 2.29. The topological polar surface area (TPSA) is 32.3 Å². The molecule has 0 aromatic heterocycles. The smallest absolute Gasteiger partial charge is 0.122 e. The van der Waals surface area contributed by atoms with Crippen LogP contribution in [0.3, 0.4) is 0 Å². The molecule has 2 aromatic rings. The van der Waals surface area contributed by atoms with Crippen molar-refractivity contribution >= 4 is 44.8 Å². The lowest BCUT2D eigenvalue weighted by atomic mass is 10.2. The maximum atomic E-state index is 9.73. The van der Waals surface area contributed by atoms with Gasteiger partial charge in [0.05, 0.1) is 10.7 Å². The SMILES string of the molecule is Oc1cccc(Cl)c1CNc1cc(Br)ccc1Cl. The summed E-state index contributed by atoms with van der Waals surface area (Å²) in [5.41, 5.74) is 1.43. The molecular weight excluding hydrogens is 337 g/mol. The molecule has 0 radical (unpaired) electrons. The third-order valence-corrected chi connectivity index (χ3v) is 3.66. The van der Waals surface area contributed by atoms with Crippen molar-refractivity contribution in [2.45, 2.75) is 6.54 Å². The van der Waals surface area contributed by atoms with Crippen LogP contribution in [0.5, 0.6) is 5.75 Å². The standard InChI is InChI=1S/C13H10BrCl2NO/c14-8-4-5-11(16)12(6-8)17-7-9-10(15)2-1-3-13(9)18/h1-6,17-18H,7H2. The summed E-state index contributed by atoms with van der Waals surface area (Å²) >= 11 is 15.5. The Labute approximate surface area is 124 Å². The third kappa shape index (κ3) is 3.10. The number of benzene rings is 2. The number of aromatic hydroxyl groups is 1. The molecule has 0 aliphatic rings. The Bertz CT molecular complexity index is 555. The minimum Gasteiger partial charge on any atom is -0.508 e. The number of hydrogen-bond donors (Lipinski definition) is 2. The van der Waals surface area contributed by atoms with Crippen molar-refractivity contribution in [3.8, 4) is 5.75 Å². The van der Waals surface area contributed by atoms with Gasteiger partial charge in [-0.05, 0) is 30.3 Å². The van der Waals surface area contributed by atoms with E-state index < -0.39 is 0 Å². The van der Waals surface area contributed by atoms with Gasteiger partial charge in [0.2, 0.25) is 0 Å².